The highest BCUT2D eigenvalue weighted by atomic mass is 16.5. The van der Waals surface area contributed by atoms with Crippen molar-refractivity contribution in [3.8, 4) is 0 Å². The van der Waals surface area contributed by atoms with E-state index in [2.05, 4.69) is 34.6 Å². The average Bonchev–Trinajstić information content (AvgIpc) is 2.62. The Morgan fingerprint density at radius 3 is 1.44 bits per heavy atom. The van der Waals surface area contributed by atoms with Crippen molar-refractivity contribution in [1.82, 2.24) is 0 Å². The molecule has 27 heavy (non-hydrogen) atoms. The van der Waals surface area contributed by atoms with Gasteiger partial charge in [0.25, 0.3) is 0 Å². The standard InChI is InChI=1S/C26H54O/c1-6-25(2)21-18-16-14-12-10-8-7-9-11-13-15-17-19-23-27-24-20-22-26(3,4)5/h25H,6-24H2,1-5H3. The van der Waals surface area contributed by atoms with Gasteiger partial charge in [-0.2, -0.15) is 0 Å². The summed E-state index contributed by atoms with van der Waals surface area (Å²) < 4.78 is 5.75. The molecule has 0 spiro atoms. The van der Waals surface area contributed by atoms with Gasteiger partial charge in [-0.15, -0.1) is 0 Å². The summed E-state index contributed by atoms with van der Waals surface area (Å²) in [4.78, 5) is 0. The Bertz CT molecular complexity index is 278. The van der Waals surface area contributed by atoms with E-state index in [0.29, 0.717) is 5.41 Å². The molecule has 0 aromatic carbocycles. The molecular formula is C26H54O. The smallest absolute Gasteiger partial charge is 0.0466 e. The summed E-state index contributed by atoms with van der Waals surface area (Å²) in [7, 11) is 0. The van der Waals surface area contributed by atoms with E-state index in [9.17, 15) is 0 Å². The Hall–Kier alpha value is -0.0400. The molecule has 1 nitrogen and oxygen atoms in total. The first kappa shape index (κ1) is 27.0. The SMILES string of the molecule is CCC(C)CCCCCCCCCCCCCCCOCCCC(C)(C)C. The molecule has 0 fully saturated rings. The minimum absolute atomic E-state index is 0.455. The second kappa shape index (κ2) is 19.3. The molecule has 0 aliphatic rings. The van der Waals surface area contributed by atoms with E-state index in [1.54, 1.807) is 0 Å². The first-order valence-corrected chi connectivity index (χ1v) is 12.5. The third kappa shape index (κ3) is 23.9. The molecule has 1 atom stereocenters. The van der Waals surface area contributed by atoms with Gasteiger partial charge in [-0.3, -0.25) is 0 Å². The van der Waals surface area contributed by atoms with Crippen LogP contribution in [0.1, 0.15) is 144 Å². The van der Waals surface area contributed by atoms with Crippen LogP contribution in [-0.2, 0) is 4.74 Å². The molecule has 164 valence electrons. The first-order valence-electron chi connectivity index (χ1n) is 12.5. The van der Waals surface area contributed by atoms with Gasteiger partial charge in [0.1, 0.15) is 0 Å². The molecular weight excluding hydrogens is 328 g/mol. The van der Waals surface area contributed by atoms with Crippen molar-refractivity contribution in [2.45, 2.75) is 144 Å². The number of hydrogen-bond donors (Lipinski definition) is 0. The maximum absolute atomic E-state index is 5.75. The Morgan fingerprint density at radius 2 is 1.00 bits per heavy atom. The van der Waals surface area contributed by atoms with Crippen molar-refractivity contribution in [1.29, 1.82) is 0 Å². The van der Waals surface area contributed by atoms with E-state index in [1.807, 2.05) is 0 Å². The molecule has 0 heterocycles. The molecule has 1 unspecified atom stereocenters. The van der Waals surface area contributed by atoms with Crippen molar-refractivity contribution >= 4 is 0 Å². The van der Waals surface area contributed by atoms with Gasteiger partial charge in [-0.25, -0.2) is 0 Å². The number of unbranched alkanes of at least 4 members (excludes halogenated alkanes) is 12. The topological polar surface area (TPSA) is 9.23 Å². The molecule has 0 radical (unpaired) electrons. The second-order valence-electron chi connectivity index (χ2n) is 10.2. The Balaban J connectivity index is 3.05. The molecule has 0 N–H and O–H groups in total. The van der Waals surface area contributed by atoms with Crippen molar-refractivity contribution < 1.29 is 4.74 Å². The van der Waals surface area contributed by atoms with E-state index in [0.717, 1.165) is 19.1 Å². The van der Waals surface area contributed by atoms with Gasteiger partial charge in [0, 0.05) is 13.2 Å². The quantitative estimate of drug-likeness (QED) is 0.190. The van der Waals surface area contributed by atoms with Gasteiger partial charge in [-0.1, -0.05) is 125 Å². The maximum Gasteiger partial charge on any atom is 0.0466 e. The molecule has 0 aromatic heterocycles. The van der Waals surface area contributed by atoms with Crippen LogP contribution in [0.25, 0.3) is 0 Å². The summed E-state index contributed by atoms with van der Waals surface area (Å²) in [5, 5.41) is 0. The van der Waals surface area contributed by atoms with Crippen LogP contribution in [-0.4, -0.2) is 13.2 Å². The largest absolute Gasteiger partial charge is 0.381 e. The van der Waals surface area contributed by atoms with Crippen LogP contribution < -0.4 is 0 Å². The van der Waals surface area contributed by atoms with E-state index in [4.69, 9.17) is 4.74 Å². The lowest BCUT2D eigenvalue weighted by atomic mass is 9.91. The van der Waals surface area contributed by atoms with E-state index >= 15 is 0 Å². The van der Waals surface area contributed by atoms with E-state index in [-0.39, 0.29) is 0 Å². The molecule has 0 saturated heterocycles. The van der Waals surface area contributed by atoms with Crippen molar-refractivity contribution in [3.05, 3.63) is 0 Å². The molecule has 0 rings (SSSR count). The van der Waals surface area contributed by atoms with Gasteiger partial charge >= 0.3 is 0 Å². The summed E-state index contributed by atoms with van der Waals surface area (Å²) in [6, 6.07) is 0. The number of ether oxygens (including phenoxy) is 1. The summed E-state index contributed by atoms with van der Waals surface area (Å²) >= 11 is 0. The highest BCUT2D eigenvalue weighted by Crippen LogP contribution is 2.20. The predicted molar refractivity (Wildman–Crippen MR) is 124 cm³/mol. The highest BCUT2D eigenvalue weighted by Gasteiger charge is 2.08. The van der Waals surface area contributed by atoms with Crippen molar-refractivity contribution in [3.63, 3.8) is 0 Å². The predicted octanol–water partition coefficient (Wildman–Crippen LogP) is 9.34. The zero-order valence-corrected chi connectivity index (χ0v) is 19.9. The van der Waals surface area contributed by atoms with Crippen LogP contribution in [0, 0.1) is 11.3 Å². The van der Waals surface area contributed by atoms with Gasteiger partial charge in [-0.05, 0) is 30.6 Å². The Morgan fingerprint density at radius 1 is 0.593 bits per heavy atom. The van der Waals surface area contributed by atoms with Crippen LogP contribution in [0.15, 0.2) is 0 Å². The number of hydrogen-bond acceptors (Lipinski definition) is 1. The average molecular weight is 383 g/mol. The lowest BCUT2D eigenvalue weighted by molar-refractivity contribution is 0.118. The fourth-order valence-corrected chi connectivity index (χ4v) is 3.65. The second-order valence-corrected chi connectivity index (χ2v) is 10.2. The molecule has 0 bridgehead atoms. The molecule has 0 aliphatic carbocycles. The fraction of sp³-hybridized carbons (Fsp3) is 1.00. The lowest BCUT2D eigenvalue weighted by Crippen LogP contribution is -2.07. The van der Waals surface area contributed by atoms with E-state index < -0.39 is 0 Å². The minimum atomic E-state index is 0.455. The normalized spacial score (nSPS) is 13.2. The minimum Gasteiger partial charge on any atom is -0.381 e. The Labute approximate surface area is 173 Å². The van der Waals surface area contributed by atoms with E-state index in [1.165, 1.54) is 109 Å². The van der Waals surface area contributed by atoms with Crippen molar-refractivity contribution in [2.24, 2.45) is 11.3 Å². The zero-order chi connectivity index (χ0) is 20.2. The Kier molecular flexibility index (Phi) is 19.3. The van der Waals surface area contributed by atoms with Crippen LogP contribution >= 0.6 is 0 Å². The van der Waals surface area contributed by atoms with Crippen LogP contribution in [0.3, 0.4) is 0 Å². The molecule has 0 aliphatic heterocycles. The highest BCUT2D eigenvalue weighted by molar-refractivity contribution is 4.60. The molecule has 1 heteroatoms. The van der Waals surface area contributed by atoms with Crippen molar-refractivity contribution in [2.75, 3.05) is 13.2 Å². The van der Waals surface area contributed by atoms with Gasteiger partial charge in [0.15, 0.2) is 0 Å². The van der Waals surface area contributed by atoms with Crippen LogP contribution in [0.4, 0.5) is 0 Å². The number of rotatable bonds is 20. The maximum atomic E-state index is 5.75. The lowest BCUT2D eigenvalue weighted by Gasteiger charge is -2.17. The summed E-state index contributed by atoms with van der Waals surface area (Å²) in [5.41, 5.74) is 0.455. The first-order chi connectivity index (χ1) is 13.0. The molecule has 0 amide bonds. The summed E-state index contributed by atoms with van der Waals surface area (Å²) in [6.45, 7) is 13.6. The monoisotopic (exact) mass is 382 g/mol. The zero-order valence-electron chi connectivity index (χ0n) is 19.9. The van der Waals surface area contributed by atoms with Crippen LogP contribution in [0.5, 0.6) is 0 Å². The fourth-order valence-electron chi connectivity index (χ4n) is 3.65. The third-order valence-electron chi connectivity index (χ3n) is 5.90. The summed E-state index contributed by atoms with van der Waals surface area (Å²) in [6.07, 6.45) is 23.9. The van der Waals surface area contributed by atoms with Gasteiger partial charge < -0.3 is 4.74 Å². The third-order valence-corrected chi connectivity index (χ3v) is 5.90. The molecule has 0 saturated carbocycles. The van der Waals surface area contributed by atoms with Gasteiger partial charge in [0.05, 0.1) is 0 Å². The molecule has 0 aromatic rings. The van der Waals surface area contributed by atoms with Gasteiger partial charge in [0.2, 0.25) is 0 Å². The van der Waals surface area contributed by atoms with Crippen LogP contribution in [0.2, 0.25) is 0 Å². The summed E-state index contributed by atoms with van der Waals surface area (Å²) in [5.74, 6) is 0.941.